The molecule has 1 fully saturated rings. The third-order valence-corrected chi connectivity index (χ3v) is 5.76. The Morgan fingerprint density at radius 3 is 2.62 bits per heavy atom. The topological polar surface area (TPSA) is 75.4 Å². The Balaban J connectivity index is 2.11. The predicted molar refractivity (Wildman–Crippen MR) is 86.1 cm³/mol. The van der Waals surface area contributed by atoms with Crippen LogP contribution < -0.4 is 10.5 Å². The first-order valence-electron chi connectivity index (χ1n) is 7.10. The quantitative estimate of drug-likeness (QED) is 0.809. The number of hydrogen-bond donors (Lipinski definition) is 2. The molecule has 0 amide bonds. The van der Waals surface area contributed by atoms with Crippen LogP contribution in [0.15, 0.2) is 17.0 Å². The van der Waals surface area contributed by atoms with Crippen LogP contribution in [0.25, 0.3) is 0 Å². The third kappa shape index (κ3) is 3.88. The number of nitrogens with one attached hydrogen (secondary N) is 1. The lowest BCUT2D eigenvalue weighted by Gasteiger charge is -2.24. The highest BCUT2D eigenvalue weighted by molar-refractivity contribution is 7.89. The summed E-state index contributed by atoms with van der Waals surface area (Å²) in [6.45, 7) is 6.17. The van der Waals surface area contributed by atoms with Gasteiger partial charge < -0.3 is 5.73 Å². The van der Waals surface area contributed by atoms with Gasteiger partial charge in [0.1, 0.15) is 0 Å². The van der Waals surface area contributed by atoms with Crippen LogP contribution in [0.1, 0.15) is 25.3 Å². The van der Waals surface area contributed by atoms with Crippen LogP contribution in [0, 0.1) is 6.92 Å². The molecular formula is C14H22ClN3O2S. The maximum Gasteiger partial charge on any atom is 0.241 e. The zero-order valence-electron chi connectivity index (χ0n) is 12.4. The van der Waals surface area contributed by atoms with Gasteiger partial charge in [-0.05, 0) is 57.5 Å². The summed E-state index contributed by atoms with van der Waals surface area (Å²) in [5.41, 5.74) is 6.70. The van der Waals surface area contributed by atoms with E-state index in [-0.39, 0.29) is 10.9 Å². The van der Waals surface area contributed by atoms with E-state index in [1.807, 2.05) is 6.92 Å². The number of nitrogens with zero attached hydrogens (tertiary/aromatic N) is 1. The number of nitrogen functional groups attached to an aromatic ring is 1. The molecule has 0 spiro atoms. The standard InChI is InChI=1S/C14H22ClN3O2S/c1-10(18-5-3-4-6-18)9-17-21(19,20)14-8-12(15)7-13(16)11(14)2/h7-8,10,17H,3-6,9,16H2,1-2H3. The molecule has 21 heavy (non-hydrogen) atoms. The first-order chi connectivity index (χ1) is 9.81. The Morgan fingerprint density at radius 2 is 2.00 bits per heavy atom. The summed E-state index contributed by atoms with van der Waals surface area (Å²) in [6, 6.07) is 3.18. The van der Waals surface area contributed by atoms with Crippen LogP contribution >= 0.6 is 11.6 Å². The fraction of sp³-hybridized carbons (Fsp3) is 0.571. The van der Waals surface area contributed by atoms with E-state index in [1.54, 1.807) is 13.0 Å². The lowest BCUT2D eigenvalue weighted by molar-refractivity contribution is 0.260. The molecule has 1 aliphatic heterocycles. The molecule has 0 radical (unpaired) electrons. The van der Waals surface area contributed by atoms with Crippen molar-refractivity contribution < 1.29 is 8.42 Å². The number of halogens is 1. The summed E-state index contributed by atoms with van der Waals surface area (Å²) in [4.78, 5) is 2.45. The number of anilines is 1. The molecule has 5 nitrogen and oxygen atoms in total. The molecule has 0 aliphatic carbocycles. The molecule has 7 heteroatoms. The van der Waals surface area contributed by atoms with Gasteiger partial charge in [-0.15, -0.1) is 0 Å². The molecule has 118 valence electrons. The molecule has 1 heterocycles. The Bertz CT molecular complexity index is 613. The normalized spacial score (nSPS) is 18.0. The van der Waals surface area contributed by atoms with Gasteiger partial charge in [-0.3, -0.25) is 4.90 Å². The molecule has 0 saturated carbocycles. The lowest BCUT2D eigenvalue weighted by Crippen LogP contribution is -2.40. The second kappa shape index (κ2) is 6.52. The Kier molecular flexibility index (Phi) is 5.14. The first-order valence-corrected chi connectivity index (χ1v) is 8.96. The number of rotatable bonds is 5. The van der Waals surface area contributed by atoms with E-state index in [2.05, 4.69) is 9.62 Å². The Hall–Kier alpha value is -0.820. The minimum atomic E-state index is -3.60. The van der Waals surface area contributed by atoms with Gasteiger partial charge in [0, 0.05) is 23.3 Å². The number of benzene rings is 1. The van der Waals surface area contributed by atoms with Crippen molar-refractivity contribution in [2.24, 2.45) is 0 Å². The highest BCUT2D eigenvalue weighted by Gasteiger charge is 2.23. The van der Waals surface area contributed by atoms with Gasteiger partial charge in [-0.1, -0.05) is 11.6 Å². The van der Waals surface area contributed by atoms with Gasteiger partial charge in [0.25, 0.3) is 0 Å². The van der Waals surface area contributed by atoms with Gasteiger partial charge in [0.2, 0.25) is 10.0 Å². The summed E-state index contributed by atoms with van der Waals surface area (Å²) in [7, 11) is -3.60. The van der Waals surface area contributed by atoms with E-state index in [4.69, 9.17) is 17.3 Å². The largest absolute Gasteiger partial charge is 0.398 e. The summed E-state index contributed by atoms with van der Waals surface area (Å²) in [6.07, 6.45) is 2.36. The zero-order chi connectivity index (χ0) is 15.6. The predicted octanol–water partition coefficient (Wildman–Crippen LogP) is 1.99. The molecule has 1 aromatic rings. The van der Waals surface area contributed by atoms with E-state index in [1.165, 1.54) is 18.9 Å². The number of sulfonamides is 1. The molecule has 1 aliphatic rings. The summed E-state index contributed by atoms with van der Waals surface area (Å²) < 4.78 is 27.5. The second-order valence-corrected chi connectivity index (χ2v) is 7.73. The highest BCUT2D eigenvalue weighted by Crippen LogP contribution is 2.25. The number of likely N-dealkylation sites (tertiary alicyclic amines) is 1. The van der Waals surface area contributed by atoms with Crippen molar-refractivity contribution in [2.45, 2.75) is 37.6 Å². The Labute approximate surface area is 131 Å². The van der Waals surface area contributed by atoms with Crippen molar-refractivity contribution in [3.63, 3.8) is 0 Å². The molecule has 1 saturated heterocycles. The summed E-state index contributed by atoms with van der Waals surface area (Å²) in [5, 5.41) is 0.325. The molecule has 1 aromatic carbocycles. The maximum absolute atomic E-state index is 12.4. The zero-order valence-corrected chi connectivity index (χ0v) is 14.0. The van der Waals surface area contributed by atoms with Crippen molar-refractivity contribution in [3.05, 3.63) is 22.7 Å². The van der Waals surface area contributed by atoms with Crippen molar-refractivity contribution in [2.75, 3.05) is 25.4 Å². The van der Waals surface area contributed by atoms with Crippen molar-refractivity contribution >= 4 is 27.3 Å². The average Bonchev–Trinajstić information content (AvgIpc) is 2.94. The fourth-order valence-electron chi connectivity index (χ4n) is 2.57. The van der Waals surface area contributed by atoms with Crippen LogP contribution in [-0.2, 0) is 10.0 Å². The van der Waals surface area contributed by atoms with E-state index < -0.39 is 10.0 Å². The van der Waals surface area contributed by atoms with Crippen LogP contribution in [0.3, 0.4) is 0 Å². The summed E-state index contributed by atoms with van der Waals surface area (Å²) >= 11 is 5.91. The molecule has 1 unspecified atom stereocenters. The average molecular weight is 332 g/mol. The molecule has 3 N–H and O–H groups in total. The lowest BCUT2D eigenvalue weighted by atomic mass is 10.2. The van der Waals surface area contributed by atoms with Crippen LogP contribution in [0.4, 0.5) is 5.69 Å². The van der Waals surface area contributed by atoms with Gasteiger partial charge in [0.05, 0.1) is 4.90 Å². The van der Waals surface area contributed by atoms with Gasteiger partial charge in [-0.25, -0.2) is 13.1 Å². The molecule has 1 atom stereocenters. The van der Waals surface area contributed by atoms with Crippen molar-refractivity contribution in [1.29, 1.82) is 0 Å². The van der Waals surface area contributed by atoms with Crippen LogP contribution in [0.2, 0.25) is 5.02 Å². The Morgan fingerprint density at radius 1 is 1.38 bits per heavy atom. The molecule has 0 bridgehead atoms. The van der Waals surface area contributed by atoms with Gasteiger partial charge in [0.15, 0.2) is 0 Å². The molecular weight excluding hydrogens is 310 g/mol. The van der Waals surface area contributed by atoms with Crippen molar-refractivity contribution in [3.8, 4) is 0 Å². The smallest absolute Gasteiger partial charge is 0.241 e. The minimum absolute atomic E-state index is 0.154. The van der Waals surface area contributed by atoms with Crippen LogP contribution in [0.5, 0.6) is 0 Å². The van der Waals surface area contributed by atoms with Gasteiger partial charge in [-0.2, -0.15) is 0 Å². The van der Waals surface area contributed by atoms with E-state index in [0.29, 0.717) is 22.8 Å². The number of hydrogen-bond acceptors (Lipinski definition) is 4. The molecule has 0 aromatic heterocycles. The molecule has 2 rings (SSSR count). The maximum atomic E-state index is 12.4. The first kappa shape index (κ1) is 16.5. The second-order valence-electron chi connectivity index (χ2n) is 5.56. The van der Waals surface area contributed by atoms with E-state index >= 15 is 0 Å². The van der Waals surface area contributed by atoms with Gasteiger partial charge >= 0.3 is 0 Å². The fourth-order valence-corrected chi connectivity index (χ4v) is 4.28. The third-order valence-electron chi connectivity index (χ3n) is 3.99. The SMILES string of the molecule is Cc1c(N)cc(Cl)cc1S(=O)(=O)NCC(C)N1CCCC1. The van der Waals surface area contributed by atoms with Crippen LogP contribution in [-0.4, -0.2) is 39.0 Å². The highest BCUT2D eigenvalue weighted by atomic mass is 35.5. The van der Waals surface area contributed by atoms with E-state index in [0.717, 1.165) is 13.1 Å². The summed E-state index contributed by atoms with van der Waals surface area (Å²) in [5.74, 6) is 0. The minimum Gasteiger partial charge on any atom is -0.398 e. The van der Waals surface area contributed by atoms with E-state index in [9.17, 15) is 8.42 Å². The monoisotopic (exact) mass is 331 g/mol. The van der Waals surface area contributed by atoms with Crippen molar-refractivity contribution in [1.82, 2.24) is 9.62 Å². The number of nitrogens with two attached hydrogens (primary N) is 1.